The number of fused-ring (bicyclic) bond motifs is 15. The number of hydrogen-bond acceptors (Lipinski definition) is 23. The first-order valence-corrected chi connectivity index (χ1v) is 41.1. The van der Waals surface area contributed by atoms with Crippen LogP contribution in [0.15, 0.2) is 72.8 Å². The van der Waals surface area contributed by atoms with Gasteiger partial charge < -0.3 is 103 Å². The number of nitrogens with one attached hydrogen (secondary N) is 6. The van der Waals surface area contributed by atoms with Crippen LogP contribution in [0, 0.1) is 47.3 Å². The average Bonchev–Trinajstić information content (AvgIpc) is 0.758. The van der Waals surface area contributed by atoms with Crippen LogP contribution >= 0.6 is 23.2 Å². The van der Waals surface area contributed by atoms with E-state index in [1.54, 1.807) is 6.92 Å². The van der Waals surface area contributed by atoms with Crippen molar-refractivity contribution in [2.24, 2.45) is 53.1 Å². The van der Waals surface area contributed by atoms with Crippen LogP contribution in [0.25, 0.3) is 11.1 Å². The summed E-state index contributed by atoms with van der Waals surface area (Å²) in [7, 11) is 0. The first-order chi connectivity index (χ1) is 55.0. The van der Waals surface area contributed by atoms with Crippen molar-refractivity contribution in [3.63, 3.8) is 0 Å². The van der Waals surface area contributed by atoms with Crippen molar-refractivity contribution in [2.75, 3.05) is 26.2 Å². The molecule has 15 bridgehead atoms. The Hall–Kier alpha value is -8.52. The molecular weight excluding hydrogens is 1530 g/mol. The highest BCUT2D eigenvalue weighted by molar-refractivity contribution is 6.32. The molecule has 5 aromatic carbocycles. The van der Waals surface area contributed by atoms with Crippen LogP contribution in [-0.4, -0.2) is 162 Å². The van der Waals surface area contributed by atoms with E-state index in [-0.39, 0.29) is 103 Å². The summed E-state index contributed by atoms with van der Waals surface area (Å²) in [5.74, 6) is -15.0. The number of aromatic hydroxyl groups is 3. The van der Waals surface area contributed by atoms with Crippen molar-refractivity contribution < 1.29 is 103 Å². The summed E-state index contributed by atoms with van der Waals surface area (Å²) in [5, 5.41) is 124. The van der Waals surface area contributed by atoms with Gasteiger partial charge in [-0.05, 0) is 176 Å². The number of nitrogens with two attached hydrogens (primary N) is 1. The SMILES string of the molecule is CCCCCCCCCNCCNCc1c(O)cc2c(c1O)-c1cc(ccc1O)[C@H]1CC(=O)[C@@H]3NC(=O)[C@H](CC(N)=O)CC(=O)[C@H](NC(=O)[C@H](CC)CC(C)C)[C@H](O)c4ccc(c(Cl)c4)Oc4cc3cc(c4O[C@@H]3O[C@H](CO)[C@@H](O)[C@H](O)[C@H]3O)Oc3ccc(cc3Cl)[C@@H](O)[C@H](NC1=O)C(=O)N[C@@H]2C(=O)CC1C2CC3CC(C2)CC1C3. The number of hydrogen-bond donors (Lipinski definition) is 16. The second kappa shape index (κ2) is 37.8. The van der Waals surface area contributed by atoms with Gasteiger partial charge in [-0.15, -0.1) is 0 Å². The van der Waals surface area contributed by atoms with Gasteiger partial charge in [0.15, 0.2) is 28.8 Å². The Bertz CT molecular complexity index is 4400. The molecule has 5 aromatic rings. The Kier molecular flexibility index (Phi) is 28.2. The molecule has 6 aliphatic heterocycles. The second-order valence-electron chi connectivity index (χ2n) is 32.8. The summed E-state index contributed by atoms with van der Waals surface area (Å²) >= 11 is 14.3. The highest BCUT2D eigenvalue weighted by Crippen LogP contribution is 2.59. The van der Waals surface area contributed by atoms with Gasteiger partial charge in [0.1, 0.15) is 89.5 Å². The van der Waals surface area contributed by atoms with Crippen LogP contribution in [0.5, 0.6) is 46.0 Å². The van der Waals surface area contributed by atoms with E-state index in [0.717, 1.165) is 76.5 Å². The number of amides is 5. The molecule has 0 spiro atoms. The molecule has 30 heteroatoms. The van der Waals surface area contributed by atoms with E-state index in [1.807, 2.05) is 13.8 Å². The van der Waals surface area contributed by atoms with Crippen LogP contribution in [0.3, 0.4) is 0 Å². The smallest absolute Gasteiger partial charge is 0.246 e. The first kappa shape index (κ1) is 85.8. The normalized spacial score (nSPS) is 28.2. The number of ether oxygens (including phenoxy) is 4. The molecule has 4 aliphatic carbocycles. The predicted octanol–water partition coefficient (Wildman–Crippen LogP) is 8.66. The third-order valence-electron chi connectivity index (χ3n) is 24.2. The number of carbonyl (C=O) groups excluding carboxylic acids is 8. The topological polar surface area (TPSA) is 454 Å². The van der Waals surface area contributed by atoms with Gasteiger partial charge in [0.2, 0.25) is 41.6 Å². The molecule has 0 aromatic heterocycles. The number of aliphatic hydroxyl groups is 6. The molecule has 28 nitrogen and oxygen atoms in total. The summed E-state index contributed by atoms with van der Waals surface area (Å²) < 4.78 is 25.5. The highest BCUT2D eigenvalue weighted by Gasteiger charge is 2.51. The number of primary amides is 1. The number of Topliss-reactive ketones (excluding diaryl/α,β-unsaturated/α-hetero) is 3. The third-order valence-corrected chi connectivity index (χ3v) is 24.8. The van der Waals surface area contributed by atoms with E-state index >= 15 is 28.8 Å². The maximum Gasteiger partial charge on any atom is 0.246 e. The van der Waals surface area contributed by atoms with Gasteiger partial charge in [0.25, 0.3) is 0 Å². The predicted molar refractivity (Wildman–Crippen MR) is 422 cm³/mol. The van der Waals surface area contributed by atoms with Gasteiger partial charge in [-0.1, -0.05) is 108 Å². The zero-order chi connectivity index (χ0) is 82.4. The summed E-state index contributed by atoms with van der Waals surface area (Å²) in [6.45, 7) is 8.26. The maximum absolute atomic E-state index is 16.5. The molecular formula is C85H107Cl2N7O21. The van der Waals surface area contributed by atoms with E-state index < -0.39 is 192 Å². The molecule has 0 unspecified atom stereocenters. The molecule has 1 saturated heterocycles. The Morgan fingerprint density at radius 2 is 1.26 bits per heavy atom. The highest BCUT2D eigenvalue weighted by atomic mass is 35.5. The van der Waals surface area contributed by atoms with Gasteiger partial charge in [-0.25, -0.2) is 0 Å². The lowest BCUT2D eigenvalue weighted by Gasteiger charge is -2.54. The lowest BCUT2D eigenvalue weighted by molar-refractivity contribution is -0.277. The largest absolute Gasteiger partial charge is 0.507 e. The Morgan fingerprint density at radius 1 is 0.635 bits per heavy atom. The van der Waals surface area contributed by atoms with Crippen molar-refractivity contribution >= 4 is 70.1 Å². The minimum Gasteiger partial charge on any atom is -0.507 e. The molecule has 10 aliphatic rings. The Balaban J connectivity index is 1.03. The van der Waals surface area contributed by atoms with Gasteiger partial charge in [-0.2, -0.15) is 0 Å². The van der Waals surface area contributed by atoms with Crippen LogP contribution in [0.4, 0.5) is 0 Å². The minimum absolute atomic E-state index is 0.00194. The third kappa shape index (κ3) is 19.5. The van der Waals surface area contributed by atoms with Gasteiger partial charge in [0.05, 0.1) is 34.1 Å². The number of phenols is 3. The fraction of sp³-hybridized carbons (Fsp3) is 0.553. The van der Waals surface area contributed by atoms with Gasteiger partial charge >= 0.3 is 0 Å². The number of ketones is 3. The van der Waals surface area contributed by atoms with Crippen molar-refractivity contribution in [3.8, 4) is 57.1 Å². The van der Waals surface area contributed by atoms with Crippen molar-refractivity contribution in [3.05, 3.63) is 116 Å². The van der Waals surface area contributed by atoms with E-state index in [1.165, 1.54) is 79.9 Å². The first-order valence-electron chi connectivity index (χ1n) is 40.4. The van der Waals surface area contributed by atoms with Crippen molar-refractivity contribution in [1.29, 1.82) is 0 Å². The zero-order valence-electron chi connectivity index (χ0n) is 65.0. The second-order valence-corrected chi connectivity index (χ2v) is 33.6. The monoisotopic (exact) mass is 1630 g/mol. The van der Waals surface area contributed by atoms with Gasteiger partial charge in [0, 0.05) is 62.4 Å². The summed E-state index contributed by atoms with van der Waals surface area (Å²) in [5.41, 5.74) is 4.46. The molecule has 17 N–H and O–H groups in total. The van der Waals surface area contributed by atoms with E-state index in [9.17, 15) is 55.5 Å². The standard InChI is InChI=1S/C85H107Cl2N7O21/c1-5-7-8-9-10-11-12-19-89-20-21-90-38-55-59(97)37-54-69(76(55)104)53-28-44(13-16-58(53)96)52-36-61(99)70-49-32-65(112-63-17-14-45(29-56(63)86)74(102)72(93-81(108)43(6-2)22-40(3)4)60(98)31-50(34-68(88)101)82(109)91-70)80(115-85-79(107)78(106)77(105)67(39-95)114-85)66(33-49)113-64-18-15-46(30-57(64)87)75(103)73(94-83(52)110)84(111)92-71(54)62(100)35-51-47-24-41-23-42(26-47)27-48(51)25-41/h13-18,28-30,32-33,37,40-43,47-48,50-52,67,70-75,77-79,85,89-90,95-97,102-107H,5-12,19-27,31,34-36,38-39H2,1-4H3,(H2,88,101)(H,91,109)(H,92,111)(H,93,108)(H,94,110)/t41?,42?,43-,47?,48?,50+,51?,52-,67-,70-,71+,72+,73+,74-,75-,77-,78+,79-,85+/m1/s1. The zero-order valence-corrected chi connectivity index (χ0v) is 66.5. The molecule has 6 heterocycles. The van der Waals surface area contributed by atoms with Crippen molar-refractivity contribution in [1.82, 2.24) is 31.9 Å². The minimum atomic E-state index is -2.14. The van der Waals surface area contributed by atoms with Crippen LogP contribution in [-0.2, 0) is 49.6 Å². The fourth-order valence-electron chi connectivity index (χ4n) is 18.2. The van der Waals surface area contributed by atoms with Crippen molar-refractivity contribution in [2.45, 2.75) is 223 Å². The van der Waals surface area contributed by atoms with Crippen LogP contribution in [0.1, 0.15) is 207 Å². The van der Waals surface area contributed by atoms with E-state index in [4.69, 9.17) is 47.9 Å². The fourth-order valence-corrected chi connectivity index (χ4v) is 18.7. The number of halogens is 2. The molecule has 4 saturated carbocycles. The molecule has 5 amide bonds. The summed E-state index contributed by atoms with van der Waals surface area (Å²) in [6.07, 6.45) is -3.28. The maximum atomic E-state index is 16.5. The summed E-state index contributed by atoms with van der Waals surface area (Å²) in [6, 6.07) is 6.80. The van der Waals surface area contributed by atoms with E-state index in [0.29, 0.717) is 37.8 Å². The van der Waals surface area contributed by atoms with Crippen LogP contribution < -0.4 is 51.8 Å². The number of aliphatic hydroxyl groups excluding tert-OH is 6. The molecule has 0 radical (unpaired) electrons. The molecule has 115 heavy (non-hydrogen) atoms. The molecule has 5 fully saturated rings. The molecule has 15 rings (SSSR count). The quantitative estimate of drug-likeness (QED) is 0.0230. The Labute approximate surface area is 677 Å². The lowest BCUT2D eigenvalue weighted by Crippen LogP contribution is -2.60. The molecule has 622 valence electrons. The number of rotatable bonds is 26. The number of benzene rings is 5. The average molecular weight is 1630 g/mol. The lowest BCUT2D eigenvalue weighted by atomic mass is 9.51. The van der Waals surface area contributed by atoms with E-state index in [2.05, 4.69) is 38.8 Å². The van der Waals surface area contributed by atoms with Crippen LogP contribution in [0.2, 0.25) is 10.0 Å². The summed E-state index contributed by atoms with van der Waals surface area (Å²) in [4.78, 5) is 123. The number of unbranched alkanes of at least 4 members (excludes halogenated alkanes) is 6. The number of phenolic OH excluding ortho intramolecular Hbond substituents is 3. The number of carbonyl (C=O) groups is 8. The molecule has 14 atom stereocenters. The Morgan fingerprint density at radius 3 is 1.88 bits per heavy atom. The van der Waals surface area contributed by atoms with Gasteiger partial charge in [-0.3, -0.25) is 38.4 Å².